The summed E-state index contributed by atoms with van der Waals surface area (Å²) >= 11 is 18.9. The quantitative estimate of drug-likeness (QED) is 0.512. The van der Waals surface area contributed by atoms with E-state index in [1.54, 1.807) is 29.6 Å². The summed E-state index contributed by atoms with van der Waals surface area (Å²) in [6, 6.07) is 11.3. The van der Waals surface area contributed by atoms with Crippen molar-refractivity contribution in [2.75, 3.05) is 5.32 Å². The first-order chi connectivity index (χ1) is 12.4. The van der Waals surface area contributed by atoms with E-state index in [9.17, 15) is 14.7 Å². The summed E-state index contributed by atoms with van der Waals surface area (Å²) in [5, 5.41) is 15.3. The predicted molar refractivity (Wildman–Crippen MR) is 106 cm³/mol. The average molecular weight is 427 g/mol. The minimum atomic E-state index is -1.14. The predicted octanol–water partition coefficient (Wildman–Crippen LogP) is 6.33. The lowest BCUT2D eigenvalue weighted by molar-refractivity contribution is 0.0699. The molecule has 2 N–H and O–H groups in total. The Morgan fingerprint density at radius 3 is 2.23 bits per heavy atom. The Kier molecular flexibility index (Phi) is 5.53. The molecule has 0 fully saturated rings. The summed E-state index contributed by atoms with van der Waals surface area (Å²) in [7, 11) is 0. The van der Waals surface area contributed by atoms with Gasteiger partial charge in [-0.15, -0.1) is 11.3 Å². The maximum absolute atomic E-state index is 12.5. The molecule has 0 atom stereocenters. The van der Waals surface area contributed by atoms with Gasteiger partial charge in [0.15, 0.2) is 0 Å². The molecule has 1 amide bonds. The molecule has 0 bridgehead atoms. The van der Waals surface area contributed by atoms with Gasteiger partial charge in [-0.1, -0.05) is 46.9 Å². The van der Waals surface area contributed by atoms with Crippen molar-refractivity contribution >= 4 is 63.0 Å². The molecular formula is C18H10Cl3NO3S. The van der Waals surface area contributed by atoms with Crippen molar-refractivity contribution in [3.8, 4) is 11.1 Å². The Morgan fingerprint density at radius 1 is 0.962 bits per heavy atom. The third-order valence-electron chi connectivity index (χ3n) is 3.56. The van der Waals surface area contributed by atoms with E-state index < -0.39 is 11.9 Å². The molecule has 0 saturated heterocycles. The standard InChI is InChI=1S/C18H10Cl3NO3S/c19-10-3-1-9(2-4-10)13-8-26-17(15(13)18(24)25)22-16(23)12-6-5-11(20)7-14(12)21/h1-8H,(H,22,23)(H,24,25). The fourth-order valence-corrected chi connectivity index (χ4v) is 3.92. The molecule has 0 aliphatic carbocycles. The number of hydrogen-bond donors (Lipinski definition) is 2. The van der Waals surface area contributed by atoms with E-state index in [-0.39, 0.29) is 21.2 Å². The van der Waals surface area contributed by atoms with Crippen LogP contribution in [0.3, 0.4) is 0 Å². The number of rotatable bonds is 4. The highest BCUT2D eigenvalue weighted by Gasteiger charge is 2.22. The van der Waals surface area contributed by atoms with E-state index in [1.807, 2.05) is 0 Å². The number of aromatic carboxylic acids is 1. The molecule has 0 saturated carbocycles. The number of carboxylic acid groups (broad SMARTS) is 1. The molecule has 26 heavy (non-hydrogen) atoms. The zero-order valence-electron chi connectivity index (χ0n) is 12.9. The fraction of sp³-hybridized carbons (Fsp3) is 0. The maximum Gasteiger partial charge on any atom is 0.339 e. The molecule has 1 aromatic heterocycles. The van der Waals surface area contributed by atoms with Crippen LogP contribution in [-0.4, -0.2) is 17.0 Å². The van der Waals surface area contributed by atoms with Crippen LogP contribution in [0.5, 0.6) is 0 Å². The van der Waals surface area contributed by atoms with Crippen molar-refractivity contribution < 1.29 is 14.7 Å². The van der Waals surface area contributed by atoms with Gasteiger partial charge in [0.05, 0.1) is 10.6 Å². The number of amides is 1. The van der Waals surface area contributed by atoms with Gasteiger partial charge in [0.1, 0.15) is 10.6 Å². The van der Waals surface area contributed by atoms with E-state index in [4.69, 9.17) is 34.8 Å². The average Bonchev–Trinajstić information content (AvgIpc) is 2.99. The van der Waals surface area contributed by atoms with E-state index in [2.05, 4.69) is 5.32 Å². The summed E-state index contributed by atoms with van der Waals surface area (Å²) in [4.78, 5) is 24.2. The van der Waals surface area contributed by atoms with Gasteiger partial charge in [-0.25, -0.2) is 4.79 Å². The van der Waals surface area contributed by atoms with Gasteiger partial charge < -0.3 is 10.4 Å². The molecule has 4 nitrogen and oxygen atoms in total. The van der Waals surface area contributed by atoms with Crippen LogP contribution < -0.4 is 5.32 Å². The highest BCUT2D eigenvalue weighted by Crippen LogP contribution is 2.36. The zero-order chi connectivity index (χ0) is 18.8. The van der Waals surface area contributed by atoms with E-state index in [0.717, 1.165) is 11.3 Å². The molecule has 1 heterocycles. The number of nitrogens with one attached hydrogen (secondary N) is 1. The van der Waals surface area contributed by atoms with Crippen LogP contribution in [0, 0.1) is 0 Å². The van der Waals surface area contributed by atoms with Crippen LogP contribution in [0.25, 0.3) is 11.1 Å². The summed E-state index contributed by atoms with van der Waals surface area (Å²) in [6.45, 7) is 0. The summed E-state index contributed by atoms with van der Waals surface area (Å²) in [5.74, 6) is -1.66. The van der Waals surface area contributed by atoms with E-state index in [0.29, 0.717) is 21.2 Å². The lowest BCUT2D eigenvalue weighted by atomic mass is 10.0. The third kappa shape index (κ3) is 3.86. The fourth-order valence-electron chi connectivity index (χ4n) is 2.35. The van der Waals surface area contributed by atoms with Gasteiger partial charge in [0.2, 0.25) is 0 Å². The lowest BCUT2D eigenvalue weighted by Gasteiger charge is -2.07. The second-order valence-corrected chi connectivity index (χ2v) is 7.40. The number of thiophene rings is 1. The van der Waals surface area contributed by atoms with Crippen LogP contribution in [-0.2, 0) is 0 Å². The van der Waals surface area contributed by atoms with Crippen molar-refractivity contribution in [2.45, 2.75) is 0 Å². The van der Waals surface area contributed by atoms with Crippen molar-refractivity contribution in [2.24, 2.45) is 0 Å². The highest BCUT2D eigenvalue weighted by molar-refractivity contribution is 7.15. The molecule has 0 radical (unpaired) electrons. The maximum atomic E-state index is 12.5. The summed E-state index contributed by atoms with van der Waals surface area (Å²) < 4.78 is 0. The van der Waals surface area contributed by atoms with E-state index in [1.165, 1.54) is 18.2 Å². The molecule has 0 spiro atoms. The van der Waals surface area contributed by atoms with Crippen molar-refractivity contribution in [1.29, 1.82) is 0 Å². The smallest absolute Gasteiger partial charge is 0.339 e. The zero-order valence-corrected chi connectivity index (χ0v) is 16.0. The van der Waals surface area contributed by atoms with Crippen LogP contribution >= 0.6 is 46.1 Å². The number of anilines is 1. The van der Waals surface area contributed by atoms with E-state index >= 15 is 0 Å². The SMILES string of the molecule is O=C(Nc1scc(-c2ccc(Cl)cc2)c1C(=O)O)c1ccc(Cl)cc1Cl. The Labute approximate surface area is 167 Å². The molecule has 8 heteroatoms. The van der Waals surface area contributed by atoms with Gasteiger partial charge in [0, 0.05) is 21.0 Å². The topological polar surface area (TPSA) is 66.4 Å². The lowest BCUT2D eigenvalue weighted by Crippen LogP contribution is -2.14. The largest absolute Gasteiger partial charge is 0.478 e. The molecule has 0 aliphatic rings. The second kappa shape index (κ2) is 7.68. The van der Waals surface area contributed by atoms with Crippen LogP contribution in [0.2, 0.25) is 15.1 Å². The van der Waals surface area contributed by atoms with Crippen LogP contribution in [0.1, 0.15) is 20.7 Å². The molecule has 3 rings (SSSR count). The normalized spacial score (nSPS) is 10.6. The number of hydrogen-bond acceptors (Lipinski definition) is 3. The molecule has 0 unspecified atom stereocenters. The van der Waals surface area contributed by atoms with Gasteiger partial charge in [-0.05, 0) is 35.9 Å². The van der Waals surface area contributed by atoms with Crippen molar-refractivity contribution in [3.63, 3.8) is 0 Å². The summed E-state index contributed by atoms with van der Waals surface area (Å²) in [5.41, 5.74) is 1.40. The van der Waals surface area contributed by atoms with Gasteiger partial charge in [-0.3, -0.25) is 4.79 Å². The van der Waals surface area contributed by atoms with Crippen molar-refractivity contribution in [3.05, 3.63) is 74.0 Å². The first-order valence-electron chi connectivity index (χ1n) is 7.24. The van der Waals surface area contributed by atoms with Gasteiger partial charge in [0.25, 0.3) is 5.91 Å². The first-order valence-corrected chi connectivity index (χ1v) is 9.25. The number of halogens is 3. The van der Waals surface area contributed by atoms with Gasteiger partial charge >= 0.3 is 5.97 Å². The van der Waals surface area contributed by atoms with Gasteiger partial charge in [-0.2, -0.15) is 0 Å². The molecule has 3 aromatic rings. The number of carbonyl (C=O) groups is 2. The minimum Gasteiger partial charge on any atom is -0.478 e. The van der Waals surface area contributed by atoms with Crippen LogP contribution in [0.15, 0.2) is 47.8 Å². The van der Waals surface area contributed by atoms with Crippen molar-refractivity contribution in [1.82, 2.24) is 0 Å². The Balaban J connectivity index is 1.97. The molecule has 132 valence electrons. The highest BCUT2D eigenvalue weighted by atomic mass is 35.5. The molecule has 0 aliphatic heterocycles. The minimum absolute atomic E-state index is 0.00996. The van der Waals surface area contributed by atoms with Crippen LogP contribution in [0.4, 0.5) is 5.00 Å². The Hall–Kier alpha value is -2.05. The Bertz CT molecular complexity index is 999. The Morgan fingerprint density at radius 2 is 1.62 bits per heavy atom. The number of benzene rings is 2. The summed E-state index contributed by atoms with van der Waals surface area (Å²) in [6.07, 6.45) is 0. The molecule has 2 aromatic carbocycles. The number of carboxylic acids is 1. The second-order valence-electron chi connectivity index (χ2n) is 5.24. The monoisotopic (exact) mass is 425 g/mol. The number of carbonyl (C=O) groups excluding carboxylic acids is 1. The first kappa shape index (κ1) is 18.7. The molecular weight excluding hydrogens is 417 g/mol. The third-order valence-corrected chi connectivity index (χ3v) is 5.26.